The third-order valence-electron chi connectivity index (χ3n) is 4.21. The number of benzene rings is 1. The Labute approximate surface area is 122 Å². The van der Waals surface area contributed by atoms with E-state index in [0.717, 1.165) is 12.2 Å². The average molecular weight is 277 g/mol. The van der Waals surface area contributed by atoms with E-state index in [0.29, 0.717) is 6.04 Å². The van der Waals surface area contributed by atoms with Gasteiger partial charge in [0.1, 0.15) is 18.0 Å². The van der Waals surface area contributed by atoms with E-state index in [1.807, 2.05) is 7.05 Å². The maximum absolute atomic E-state index is 6.12. The van der Waals surface area contributed by atoms with Gasteiger partial charge in [-0.1, -0.05) is 32.9 Å². The molecule has 3 nitrogen and oxygen atoms in total. The van der Waals surface area contributed by atoms with Gasteiger partial charge in [0.15, 0.2) is 0 Å². The topological polar surface area (TPSA) is 30.5 Å². The Morgan fingerprint density at radius 1 is 1.25 bits per heavy atom. The van der Waals surface area contributed by atoms with Crippen LogP contribution in [0.3, 0.4) is 0 Å². The second-order valence-electron chi connectivity index (χ2n) is 6.72. The molecule has 20 heavy (non-hydrogen) atoms. The molecule has 0 aliphatic heterocycles. The molecule has 1 aromatic carbocycles. The van der Waals surface area contributed by atoms with Crippen LogP contribution in [0.25, 0.3) is 0 Å². The van der Waals surface area contributed by atoms with Crippen molar-refractivity contribution in [1.29, 1.82) is 0 Å². The van der Waals surface area contributed by atoms with E-state index < -0.39 is 0 Å². The van der Waals surface area contributed by atoms with Gasteiger partial charge in [0, 0.05) is 19.6 Å². The largest absolute Gasteiger partial charge is 0.487 e. The number of ether oxygens (including phenoxy) is 2. The van der Waals surface area contributed by atoms with Gasteiger partial charge in [-0.15, -0.1) is 0 Å². The highest BCUT2D eigenvalue weighted by Crippen LogP contribution is 2.32. The second-order valence-corrected chi connectivity index (χ2v) is 6.72. The lowest BCUT2D eigenvalue weighted by molar-refractivity contribution is -0.0871. The van der Waals surface area contributed by atoms with Crippen LogP contribution in [0.2, 0.25) is 0 Å². The Balaban J connectivity index is 2.08. The minimum atomic E-state index is 0.140. The van der Waals surface area contributed by atoms with Gasteiger partial charge in [-0.05, 0) is 36.6 Å². The van der Waals surface area contributed by atoms with Crippen molar-refractivity contribution in [2.75, 3.05) is 14.2 Å². The van der Waals surface area contributed by atoms with Gasteiger partial charge in [-0.25, -0.2) is 0 Å². The molecule has 112 valence electrons. The molecule has 0 amide bonds. The summed E-state index contributed by atoms with van der Waals surface area (Å²) in [6.07, 6.45) is 1.29. The lowest BCUT2D eigenvalue weighted by Gasteiger charge is -2.43. The van der Waals surface area contributed by atoms with Crippen molar-refractivity contribution in [1.82, 2.24) is 5.32 Å². The first-order valence-corrected chi connectivity index (χ1v) is 7.34. The SMILES string of the molecule is CNC1CC(Oc2ccc(C(C)(C)C)cc2C)C1OC. The molecule has 3 unspecified atom stereocenters. The molecule has 0 spiro atoms. The summed E-state index contributed by atoms with van der Waals surface area (Å²) in [6.45, 7) is 8.80. The number of methoxy groups -OCH3 is 1. The molecule has 0 aromatic heterocycles. The van der Waals surface area contributed by atoms with Crippen LogP contribution in [0.15, 0.2) is 18.2 Å². The molecule has 1 aliphatic carbocycles. The zero-order valence-corrected chi connectivity index (χ0v) is 13.5. The highest BCUT2D eigenvalue weighted by molar-refractivity contribution is 5.39. The molecule has 0 saturated heterocycles. The van der Waals surface area contributed by atoms with Gasteiger partial charge in [-0.3, -0.25) is 0 Å². The van der Waals surface area contributed by atoms with Crippen molar-refractivity contribution in [3.05, 3.63) is 29.3 Å². The van der Waals surface area contributed by atoms with E-state index in [1.165, 1.54) is 11.1 Å². The summed E-state index contributed by atoms with van der Waals surface area (Å²) in [6, 6.07) is 6.89. The summed E-state index contributed by atoms with van der Waals surface area (Å²) < 4.78 is 11.6. The van der Waals surface area contributed by atoms with Crippen LogP contribution in [0.1, 0.15) is 38.3 Å². The van der Waals surface area contributed by atoms with E-state index in [1.54, 1.807) is 7.11 Å². The maximum atomic E-state index is 6.12. The average Bonchev–Trinajstić information content (AvgIpc) is 2.34. The summed E-state index contributed by atoms with van der Waals surface area (Å²) in [5.74, 6) is 0.972. The van der Waals surface area contributed by atoms with E-state index in [4.69, 9.17) is 9.47 Å². The van der Waals surface area contributed by atoms with Gasteiger partial charge >= 0.3 is 0 Å². The predicted octanol–water partition coefficient (Wildman–Crippen LogP) is 3.05. The zero-order valence-electron chi connectivity index (χ0n) is 13.5. The van der Waals surface area contributed by atoms with E-state index in [9.17, 15) is 0 Å². The fourth-order valence-electron chi connectivity index (χ4n) is 2.71. The van der Waals surface area contributed by atoms with Crippen LogP contribution < -0.4 is 10.1 Å². The number of hydrogen-bond acceptors (Lipinski definition) is 3. The predicted molar refractivity (Wildman–Crippen MR) is 82.6 cm³/mol. The number of aryl methyl sites for hydroxylation is 1. The lowest BCUT2D eigenvalue weighted by atomic mass is 9.84. The van der Waals surface area contributed by atoms with Crippen LogP contribution in [-0.4, -0.2) is 32.4 Å². The summed E-state index contributed by atoms with van der Waals surface area (Å²) in [5, 5.41) is 3.26. The fourth-order valence-corrected chi connectivity index (χ4v) is 2.71. The molecule has 1 fully saturated rings. The van der Waals surface area contributed by atoms with Crippen LogP contribution in [-0.2, 0) is 10.2 Å². The van der Waals surface area contributed by atoms with Crippen LogP contribution >= 0.6 is 0 Å². The van der Waals surface area contributed by atoms with E-state index in [-0.39, 0.29) is 17.6 Å². The Morgan fingerprint density at radius 3 is 2.45 bits per heavy atom. The summed E-state index contributed by atoms with van der Waals surface area (Å²) in [4.78, 5) is 0. The summed E-state index contributed by atoms with van der Waals surface area (Å²) >= 11 is 0. The minimum Gasteiger partial charge on any atom is -0.487 e. The fraction of sp³-hybridized carbons (Fsp3) is 0.647. The number of hydrogen-bond donors (Lipinski definition) is 1. The van der Waals surface area contributed by atoms with Crippen LogP contribution in [0.4, 0.5) is 0 Å². The number of rotatable bonds is 4. The van der Waals surface area contributed by atoms with Gasteiger partial charge in [0.05, 0.1) is 0 Å². The molecule has 1 saturated carbocycles. The van der Waals surface area contributed by atoms with Crippen molar-refractivity contribution in [3.8, 4) is 5.75 Å². The van der Waals surface area contributed by atoms with Crippen molar-refractivity contribution in [3.63, 3.8) is 0 Å². The molecule has 0 radical (unpaired) electrons. The lowest BCUT2D eigenvalue weighted by Crippen LogP contribution is -2.60. The number of likely N-dealkylation sites (N-methyl/N-ethyl adjacent to an activating group) is 1. The third-order valence-corrected chi connectivity index (χ3v) is 4.21. The monoisotopic (exact) mass is 277 g/mol. The number of nitrogens with one attached hydrogen (secondary N) is 1. The molecule has 2 rings (SSSR count). The zero-order chi connectivity index (χ0) is 14.9. The molecule has 1 aromatic rings. The normalized spacial score (nSPS) is 26.2. The van der Waals surface area contributed by atoms with Gasteiger partial charge in [0.2, 0.25) is 0 Å². The molecular weight excluding hydrogens is 250 g/mol. The van der Waals surface area contributed by atoms with Crippen LogP contribution in [0, 0.1) is 6.92 Å². The first kappa shape index (κ1) is 15.3. The Kier molecular flexibility index (Phi) is 4.40. The Bertz CT molecular complexity index is 465. The second kappa shape index (κ2) is 5.74. The Morgan fingerprint density at radius 2 is 1.95 bits per heavy atom. The molecule has 0 bridgehead atoms. The van der Waals surface area contributed by atoms with Crippen molar-refractivity contribution in [2.24, 2.45) is 0 Å². The quantitative estimate of drug-likeness (QED) is 0.917. The molecule has 1 aliphatic rings. The smallest absolute Gasteiger partial charge is 0.128 e. The third kappa shape index (κ3) is 2.99. The highest BCUT2D eigenvalue weighted by Gasteiger charge is 2.42. The molecule has 0 heterocycles. The first-order chi connectivity index (χ1) is 9.36. The van der Waals surface area contributed by atoms with Crippen molar-refractivity contribution >= 4 is 0 Å². The maximum Gasteiger partial charge on any atom is 0.128 e. The van der Waals surface area contributed by atoms with Crippen molar-refractivity contribution in [2.45, 2.75) is 57.8 Å². The summed E-state index contributed by atoms with van der Waals surface area (Å²) in [7, 11) is 3.72. The van der Waals surface area contributed by atoms with Crippen LogP contribution in [0.5, 0.6) is 5.75 Å². The highest BCUT2D eigenvalue weighted by atomic mass is 16.5. The molecule has 3 heteroatoms. The summed E-state index contributed by atoms with van der Waals surface area (Å²) in [5.41, 5.74) is 2.71. The molecular formula is C17H27NO2. The van der Waals surface area contributed by atoms with E-state index in [2.05, 4.69) is 51.2 Å². The Hall–Kier alpha value is -1.06. The molecule has 3 atom stereocenters. The first-order valence-electron chi connectivity index (χ1n) is 7.34. The van der Waals surface area contributed by atoms with Gasteiger partial charge in [-0.2, -0.15) is 0 Å². The van der Waals surface area contributed by atoms with Gasteiger partial charge in [0.25, 0.3) is 0 Å². The standard InChI is InChI=1S/C17H27NO2/c1-11-9-12(17(2,3)4)7-8-14(11)20-15-10-13(18-5)16(15)19-6/h7-9,13,15-16,18H,10H2,1-6H3. The van der Waals surface area contributed by atoms with E-state index >= 15 is 0 Å². The molecule has 1 N–H and O–H groups in total. The minimum absolute atomic E-state index is 0.140. The van der Waals surface area contributed by atoms with Gasteiger partial charge < -0.3 is 14.8 Å². The van der Waals surface area contributed by atoms with Crippen molar-refractivity contribution < 1.29 is 9.47 Å².